The van der Waals surface area contributed by atoms with E-state index in [9.17, 15) is 14.4 Å². The van der Waals surface area contributed by atoms with Gasteiger partial charge in [-0.05, 0) is 85.3 Å². The van der Waals surface area contributed by atoms with E-state index in [0.29, 0.717) is 29.1 Å². The van der Waals surface area contributed by atoms with Crippen LogP contribution in [0, 0.1) is 0 Å². The highest BCUT2D eigenvalue weighted by Crippen LogP contribution is 2.30. The van der Waals surface area contributed by atoms with Crippen LogP contribution >= 0.6 is 11.8 Å². The molecule has 0 fully saturated rings. The first-order valence-corrected chi connectivity index (χ1v) is 16.7. The van der Waals surface area contributed by atoms with Crippen molar-refractivity contribution in [1.29, 1.82) is 0 Å². The van der Waals surface area contributed by atoms with Crippen LogP contribution in [0.2, 0.25) is 0 Å². The fraction of sp³-hybridized carbons (Fsp3) is 0.0750. The summed E-state index contributed by atoms with van der Waals surface area (Å²) in [4.78, 5) is 44.1. The summed E-state index contributed by atoms with van der Waals surface area (Å²) in [5, 5.41) is 9.25. The van der Waals surface area contributed by atoms with E-state index in [1.54, 1.807) is 42.6 Å². The highest BCUT2D eigenvalue weighted by molar-refractivity contribution is 8.00. The Morgan fingerprint density at radius 3 is 2.20 bits per heavy atom. The zero-order valence-corrected chi connectivity index (χ0v) is 27.5. The second-order valence-corrected chi connectivity index (χ2v) is 12.4. The van der Waals surface area contributed by atoms with Crippen molar-refractivity contribution in [2.75, 3.05) is 10.6 Å². The number of anilines is 2. The minimum absolute atomic E-state index is 0.0858. The van der Waals surface area contributed by atoms with Crippen molar-refractivity contribution in [3.8, 4) is 11.5 Å². The number of aromatic nitrogens is 1. The Bertz CT molecular complexity index is 2090. The van der Waals surface area contributed by atoms with Gasteiger partial charge in [0.15, 0.2) is 0 Å². The number of amides is 3. The standard InChI is InChI=1S/C40H34N4O4S/c1-2-37(40(47)42-29-20-22-32(23-21-29)48-31-15-7-4-8-16-31)49-33-17-11-14-30(25-33)43-39(46)36(44-38(45)27-12-5-3-6-13-27)24-28-26-41-35-19-10-9-18-34(28)35/h3-26,37,41H,2H2,1H3,(H,42,47)(H,43,46)(H,44,45)/b36-24-. The maximum atomic E-state index is 13.7. The van der Waals surface area contributed by atoms with Crippen LogP contribution in [0.5, 0.6) is 11.5 Å². The lowest BCUT2D eigenvalue weighted by Crippen LogP contribution is -2.30. The normalized spacial score (nSPS) is 11.8. The predicted molar refractivity (Wildman–Crippen MR) is 197 cm³/mol. The average molecular weight is 667 g/mol. The molecule has 3 amide bonds. The number of hydrogen-bond donors (Lipinski definition) is 4. The molecule has 244 valence electrons. The van der Waals surface area contributed by atoms with E-state index >= 15 is 0 Å². The Hall–Kier alpha value is -6.06. The van der Waals surface area contributed by atoms with Gasteiger partial charge in [-0.15, -0.1) is 11.8 Å². The van der Waals surface area contributed by atoms with E-state index in [2.05, 4.69) is 20.9 Å². The SMILES string of the molecule is CCC(Sc1cccc(NC(=O)/C(=C/c2c[nH]c3ccccc23)NC(=O)c2ccccc2)c1)C(=O)Nc1ccc(Oc2ccccc2)cc1. The number of H-pyrrole nitrogens is 1. The Morgan fingerprint density at radius 2 is 1.45 bits per heavy atom. The van der Waals surface area contributed by atoms with Gasteiger partial charge >= 0.3 is 0 Å². The molecule has 1 heterocycles. The van der Waals surface area contributed by atoms with E-state index < -0.39 is 11.8 Å². The van der Waals surface area contributed by atoms with Gasteiger partial charge in [0.25, 0.3) is 11.8 Å². The predicted octanol–water partition coefficient (Wildman–Crippen LogP) is 8.88. The van der Waals surface area contributed by atoms with Gasteiger partial charge in [0.1, 0.15) is 17.2 Å². The molecule has 0 saturated carbocycles. The number of fused-ring (bicyclic) bond motifs is 1. The van der Waals surface area contributed by atoms with Crippen LogP contribution < -0.4 is 20.7 Å². The van der Waals surface area contributed by atoms with Crippen molar-refractivity contribution in [1.82, 2.24) is 10.3 Å². The molecule has 1 atom stereocenters. The first-order chi connectivity index (χ1) is 23.9. The van der Waals surface area contributed by atoms with Gasteiger partial charge in [0.2, 0.25) is 5.91 Å². The second kappa shape index (κ2) is 15.7. The Balaban J connectivity index is 1.14. The van der Waals surface area contributed by atoms with Gasteiger partial charge in [-0.1, -0.05) is 67.6 Å². The summed E-state index contributed by atoms with van der Waals surface area (Å²) < 4.78 is 5.85. The minimum Gasteiger partial charge on any atom is -0.457 e. The van der Waals surface area contributed by atoms with E-state index in [-0.39, 0.29) is 16.9 Å². The number of hydrogen-bond acceptors (Lipinski definition) is 5. The molecule has 0 aliphatic carbocycles. The van der Waals surface area contributed by atoms with Gasteiger partial charge in [-0.2, -0.15) is 0 Å². The van der Waals surface area contributed by atoms with Crippen molar-refractivity contribution in [2.24, 2.45) is 0 Å². The van der Waals surface area contributed by atoms with Crippen molar-refractivity contribution in [3.05, 3.63) is 156 Å². The smallest absolute Gasteiger partial charge is 0.272 e. The van der Waals surface area contributed by atoms with E-state index in [4.69, 9.17) is 4.74 Å². The summed E-state index contributed by atoms with van der Waals surface area (Å²) >= 11 is 1.41. The Labute approximate surface area is 288 Å². The molecule has 6 rings (SSSR count). The Kier molecular flexibility index (Phi) is 10.5. The van der Waals surface area contributed by atoms with Crippen LogP contribution in [0.15, 0.2) is 150 Å². The zero-order valence-electron chi connectivity index (χ0n) is 26.7. The molecule has 9 heteroatoms. The molecule has 49 heavy (non-hydrogen) atoms. The highest BCUT2D eigenvalue weighted by Gasteiger charge is 2.20. The lowest BCUT2D eigenvalue weighted by atomic mass is 10.1. The summed E-state index contributed by atoms with van der Waals surface area (Å²) in [6.45, 7) is 1.96. The van der Waals surface area contributed by atoms with Crippen LogP contribution in [0.25, 0.3) is 17.0 Å². The molecule has 4 N–H and O–H groups in total. The number of ether oxygens (including phenoxy) is 1. The molecule has 0 spiro atoms. The number of benzene rings is 5. The summed E-state index contributed by atoms with van der Waals surface area (Å²) in [6, 6.07) is 40.5. The topological polar surface area (TPSA) is 112 Å². The number of carbonyl (C=O) groups is 3. The number of para-hydroxylation sites is 2. The minimum atomic E-state index is -0.485. The van der Waals surface area contributed by atoms with E-state index in [1.165, 1.54) is 11.8 Å². The van der Waals surface area contributed by atoms with Crippen molar-refractivity contribution in [3.63, 3.8) is 0 Å². The summed E-state index contributed by atoms with van der Waals surface area (Å²) in [6.07, 6.45) is 4.05. The largest absolute Gasteiger partial charge is 0.457 e. The quantitative estimate of drug-likeness (QED) is 0.0770. The fourth-order valence-corrected chi connectivity index (χ4v) is 6.11. The van der Waals surface area contributed by atoms with Gasteiger partial charge in [-0.3, -0.25) is 14.4 Å². The van der Waals surface area contributed by atoms with Gasteiger partial charge in [0, 0.05) is 44.5 Å². The fourth-order valence-electron chi connectivity index (χ4n) is 5.10. The lowest BCUT2D eigenvalue weighted by Gasteiger charge is -2.16. The molecule has 0 aliphatic heterocycles. The van der Waals surface area contributed by atoms with Crippen molar-refractivity contribution < 1.29 is 19.1 Å². The number of nitrogens with one attached hydrogen (secondary N) is 4. The zero-order chi connectivity index (χ0) is 34.0. The molecule has 0 bridgehead atoms. The summed E-state index contributed by atoms with van der Waals surface area (Å²) in [5.74, 6) is 0.385. The van der Waals surface area contributed by atoms with E-state index in [1.807, 2.05) is 110 Å². The van der Waals surface area contributed by atoms with Gasteiger partial charge in [0.05, 0.1) is 5.25 Å². The summed E-state index contributed by atoms with van der Waals surface area (Å²) in [5.41, 5.74) is 3.38. The van der Waals surface area contributed by atoms with Crippen LogP contribution in [0.4, 0.5) is 11.4 Å². The molecule has 0 radical (unpaired) electrons. The van der Waals surface area contributed by atoms with Crippen molar-refractivity contribution >= 4 is 57.8 Å². The third-order valence-electron chi connectivity index (χ3n) is 7.58. The molecule has 8 nitrogen and oxygen atoms in total. The van der Waals surface area contributed by atoms with E-state index in [0.717, 1.165) is 27.1 Å². The monoisotopic (exact) mass is 666 g/mol. The first kappa shape index (κ1) is 32.9. The van der Waals surface area contributed by atoms with Gasteiger partial charge < -0.3 is 25.7 Å². The van der Waals surface area contributed by atoms with Crippen molar-refractivity contribution in [2.45, 2.75) is 23.5 Å². The Morgan fingerprint density at radius 1 is 0.755 bits per heavy atom. The first-order valence-electron chi connectivity index (χ1n) is 15.8. The molecule has 6 aromatic rings. The molecule has 0 saturated heterocycles. The third-order valence-corrected chi connectivity index (χ3v) is 8.94. The van der Waals surface area contributed by atoms with Crippen LogP contribution in [-0.4, -0.2) is 28.0 Å². The number of carbonyl (C=O) groups excluding carboxylic acids is 3. The lowest BCUT2D eigenvalue weighted by molar-refractivity contribution is -0.116. The molecule has 5 aromatic carbocycles. The highest BCUT2D eigenvalue weighted by atomic mass is 32.2. The molecule has 1 aromatic heterocycles. The molecular formula is C40H34N4O4S. The number of aromatic amines is 1. The van der Waals surface area contributed by atoms with Gasteiger partial charge in [-0.25, -0.2) is 0 Å². The average Bonchev–Trinajstić information content (AvgIpc) is 3.54. The third kappa shape index (κ3) is 8.65. The molecular weight excluding hydrogens is 633 g/mol. The maximum Gasteiger partial charge on any atom is 0.272 e. The molecule has 0 aliphatic rings. The number of rotatable bonds is 12. The second-order valence-electron chi connectivity index (χ2n) is 11.1. The van der Waals surface area contributed by atoms with Crippen LogP contribution in [0.3, 0.4) is 0 Å². The maximum absolute atomic E-state index is 13.7. The summed E-state index contributed by atoms with van der Waals surface area (Å²) in [7, 11) is 0. The van der Waals surface area contributed by atoms with Crippen LogP contribution in [0.1, 0.15) is 29.3 Å². The molecule has 1 unspecified atom stereocenters. The van der Waals surface area contributed by atoms with Crippen LogP contribution in [-0.2, 0) is 9.59 Å². The number of thioether (sulfide) groups is 1.